The minimum atomic E-state index is 0.106. The Labute approximate surface area is 49.5 Å². The molecular weight excluding hydrogens is 108 g/mol. The summed E-state index contributed by atoms with van der Waals surface area (Å²) in [5, 5.41) is 0. The van der Waals surface area contributed by atoms with E-state index < -0.39 is 0 Å². The van der Waals surface area contributed by atoms with E-state index in [4.69, 9.17) is 4.74 Å². The molecule has 0 saturated heterocycles. The lowest BCUT2D eigenvalue weighted by Gasteiger charge is -2.06. The molecule has 3 heteroatoms. The minimum absolute atomic E-state index is 0.106. The van der Waals surface area contributed by atoms with E-state index in [1.807, 2.05) is 6.92 Å². The Balaban J connectivity index is 2.86. The average molecular weight is 120 g/mol. The van der Waals surface area contributed by atoms with Gasteiger partial charge in [0.1, 0.15) is 6.61 Å². The first-order valence-electron chi connectivity index (χ1n) is 2.49. The lowest BCUT2D eigenvalue weighted by Crippen LogP contribution is -2.12. The Kier molecular flexibility index (Phi) is 4.95. The van der Waals surface area contributed by atoms with Gasteiger partial charge in [-0.25, -0.2) is 9.78 Å². The predicted octanol–water partition coefficient (Wildman–Crippen LogP) is 0.599. The molecule has 1 unspecified atom stereocenters. The van der Waals surface area contributed by atoms with Crippen LogP contribution in [0.1, 0.15) is 6.92 Å². The maximum Gasteiger partial charge on any atom is 0.108 e. The first kappa shape index (κ1) is 7.88. The number of hydrogen-bond donors (Lipinski definition) is 0. The summed E-state index contributed by atoms with van der Waals surface area (Å²) in [4.78, 5) is 8.90. The van der Waals surface area contributed by atoms with Gasteiger partial charge in [-0.2, -0.15) is 0 Å². The molecule has 0 radical (unpaired) electrons. The van der Waals surface area contributed by atoms with Crippen LogP contribution in [0.2, 0.25) is 0 Å². The fourth-order valence-electron chi connectivity index (χ4n) is 0.232. The van der Waals surface area contributed by atoms with Crippen LogP contribution in [-0.2, 0) is 14.5 Å². The predicted molar refractivity (Wildman–Crippen MR) is 29.4 cm³/mol. The molecule has 0 bridgehead atoms. The van der Waals surface area contributed by atoms with E-state index in [2.05, 4.69) is 9.78 Å². The van der Waals surface area contributed by atoms with Crippen LogP contribution in [0.15, 0.2) is 0 Å². The van der Waals surface area contributed by atoms with E-state index in [9.17, 15) is 0 Å². The van der Waals surface area contributed by atoms with Crippen LogP contribution in [0.4, 0.5) is 0 Å². The van der Waals surface area contributed by atoms with E-state index in [1.165, 1.54) is 7.11 Å². The molecule has 0 aliphatic rings. The van der Waals surface area contributed by atoms with Crippen LogP contribution in [0.5, 0.6) is 0 Å². The topological polar surface area (TPSA) is 27.7 Å². The van der Waals surface area contributed by atoms with Gasteiger partial charge >= 0.3 is 0 Å². The monoisotopic (exact) mass is 120 g/mol. The van der Waals surface area contributed by atoms with Crippen molar-refractivity contribution in [1.29, 1.82) is 0 Å². The molecule has 1 atom stereocenters. The summed E-state index contributed by atoms with van der Waals surface area (Å²) in [5.41, 5.74) is 0. The largest absolute Gasteiger partial charge is 0.379 e. The second kappa shape index (κ2) is 5.03. The van der Waals surface area contributed by atoms with Crippen molar-refractivity contribution in [2.75, 3.05) is 20.8 Å². The molecule has 0 aromatic heterocycles. The molecular formula is C5H12O3. The highest BCUT2D eigenvalue weighted by Crippen LogP contribution is 1.87. The quantitative estimate of drug-likeness (QED) is 0.401. The molecule has 0 spiro atoms. The molecule has 0 aromatic carbocycles. The highest BCUT2D eigenvalue weighted by molar-refractivity contribution is 4.40. The van der Waals surface area contributed by atoms with E-state index in [-0.39, 0.29) is 6.10 Å². The molecule has 0 saturated carbocycles. The summed E-state index contributed by atoms with van der Waals surface area (Å²) >= 11 is 0. The van der Waals surface area contributed by atoms with E-state index in [0.29, 0.717) is 6.61 Å². The number of methoxy groups -OCH3 is 1. The van der Waals surface area contributed by atoms with E-state index in [1.54, 1.807) is 7.11 Å². The molecule has 8 heavy (non-hydrogen) atoms. The average Bonchev–Trinajstić information content (AvgIpc) is 1.83. The van der Waals surface area contributed by atoms with Crippen molar-refractivity contribution in [3.8, 4) is 0 Å². The molecule has 50 valence electrons. The van der Waals surface area contributed by atoms with Crippen molar-refractivity contribution < 1.29 is 14.5 Å². The van der Waals surface area contributed by atoms with Crippen molar-refractivity contribution in [3.63, 3.8) is 0 Å². The highest BCUT2D eigenvalue weighted by Gasteiger charge is 1.96. The van der Waals surface area contributed by atoms with Crippen LogP contribution < -0.4 is 0 Å². The van der Waals surface area contributed by atoms with Gasteiger partial charge < -0.3 is 4.74 Å². The van der Waals surface area contributed by atoms with Gasteiger partial charge in [0.2, 0.25) is 0 Å². The van der Waals surface area contributed by atoms with Crippen LogP contribution in [-0.4, -0.2) is 26.9 Å². The normalized spacial score (nSPS) is 13.9. The first-order chi connectivity index (χ1) is 3.81. The Morgan fingerprint density at radius 3 is 2.38 bits per heavy atom. The maximum absolute atomic E-state index is 4.85. The Hall–Kier alpha value is -0.120. The summed E-state index contributed by atoms with van der Waals surface area (Å²) in [6, 6.07) is 0. The fourth-order valence-corrected chi connectivity index (χ4v) is 0.232. The standard InChI is InChI=1S/C5H12O3/c1-5(6-2)4-8-7-3/h5H,4H2,1-3H3. The van der Waals surface area contributed by atoms with Crippen LogP contribution in [0.3, 0.4) is 0 Å². The second-order valence-electron chi connectivity index (χ2n) is 1.50. The summed E-state index contributed by atoms with van der Waals surface area (Å²) in [5.74, 6) is 0. The van der Waals surface area contributed by atoms with Crippen LogP contribution >= 0.6 is 0 Å². The van der Waals surface area contributed by atoms with Gasteiger partial charge in [0.25, 0.3) is 0 Å². The van der Waals surface area contributed by atoms with E-state index in [0.717, 1.165) is 0 Å². The molecule has 0 fully saturated rings. The third kappa shape index (κ3) is 4.05. The van der Waals surface area contributed by atoms with Gasteiger partial charge in [-0.05, 0) is 6.92 Å². The SMILES string of the molecule is COOCC(C)OC. The molecule has 0 N–H and O–H groups in total. The lowest BCUT2D eigenvalue weighted by atomic mass is 10.4. The second-order valence-corrected chi connectivity index (χ2v) is 1.50. The van der Waals surface area contributed by atoms with Gasteiger partial charge in [0.05, 0.1) is 13.2 Å². The molecule has 0 rings (SSSR count). The van der Waals surface area contributed by atoms with Crippen molar-refractivity contribution in [1.82, 2.24) is 0 Å². The molecule has 0 aromatic rings. The number of ether oxygens (including phenoxy) is 1. The zero-order valence-corrected chi connectivity index (χ0v) is 5.51. The Morgan fingerprint density at radius 2 is 2.00 bits per heavy atom. The van der Waals surface area contributed by atoms with Gasteiger partial charge in [0, 0.05) is 7.11 Å². The maximum atomic E-state index is 4.85. The lowest BCUT2D eigenvalue weighted by molar-refractivity contribution is -0.284. The summed E-state index contributed by atoms with van der Waals surface area (Å²) in [7, 11) is 3.10. The zero-order valence-electron chi connectivity index (χ0n) is 5.51. The summed E-state index contributed by atoms with van der Waals surface area (Å²) < 4.78 is 4.85. The summed E-state index contributed by atoms with van der Waals surface area (Å²) in [6.45, 7) is 2.38. The van der Waals surface area contributed by atoms with Crippen molar-refractivity contribution in [2.24, 2.45) is 0 Å². The fraction of sp³-hybridized carbons (Fsp3) is 1.00. The van der Waals surface area contributed by atoms with Gasteiger partial charge in [-0.15, -0.1) is 0 Å². The summed E-state index contributed by atoms with van der Waals surface area (Å²) in [6.07, 6.45) is 0.106. The molecule has 0 aliphatic heterocycles. The third-order valence-electron chi connectivity index (χ3n) is 0.823. The van der Waals surface area contributed by atoms with Crippen molar-refractivity contribution in [3.05, 3.63) is 0 Å². The molecule has 3 nitrogen and oxygen atoms in total. The molecule has 0 heterocycles. The van der Waals surface area contributed by atoms with Crippen LogP contribution in [0, 0.1) is 0 Å². The van der Waals surface area contributed by atoms with Gasteiger partial charge in [0.15, 0.2) is 0 Å². The Bertz CT molecular complexity index is 46.9. The molecule has 0 amide bonds. The highest BCUT2D eigenvalue weighted by atomic mass is 17.2. The van der Waals surface area contributed by atoms with Gasteiger partial charge in [-0.1, -0.05) is 0 Å². The smallest absolute Gasteiger partial charge is 0.108 e. The Morgan fingerprint density at radius 1 is 1.38 bits per heavy atom. The molecule has 0 aliphatic carbocycles. The van der Waals surface area contributed by atoms with Crippen molar-refractivity contribution in [2.45, 2.75) is 13.0 Å². The first-order valence-corrected chi connectivity index (χ1v) is 2.49. The van der Waals surface area contributed by atoms with E-state index >= 15 is 0 Å². The van der Waals surface area contributed by atoms with Crippen molar-refractivity contribution >= 4 is 0 Å². The van der Waals surface area contributed by atoms with Gasteiger partial charge in [-0.3, -0.25) is 0 Å². The number of hydrogen-bond acceptors (Lipinski definition) is 3. The number of rotatable bonds is 4. The zero-order chi connectivity index (χ0) is 6.41. The van der Waals surface area contributed by atoms with Crippen LogP contribution in [0.25, 0.3) is 0 Å². The third-order valence-corrected chi connectivity index (χ3v) is 0.823. The minimum Gasteiger partial charge on any atom is -0.379 e.